The molecule has 0 saturated heterocycles. The van der Waals surface area contributed by atoms with E-state index in [0.717, 1.165) is 33.9 Å². The predicted octanol–water partition coefficient (Wildman–Crippen LogP) is 9.92. The monoisotopic (exact) mass is 510 g/mol. The van der Waals surface area contributed by atoms with E-state index < -0.39 is 0 Å². The van der Waals surface area contributed by atoms with Crippen molar-refractivity contribution in [3.8, 4) is 0 Å². The zero-order chi connectivity index (χ0) is 27.8. The second-order valence-corrected chi connectivity index (χ2v) is 10.4. The van der Waals surface area contributed by atoms with Crippen molar-refractivity contribution < 1.29 is 0 Å². The van der Waals surface area contributed by atoms with Gasteiger partial charge in [0.2, 0.25) is 0 Å². The van der Waals surface area contributed by atoms with Crippen molar-refractivity contribution in [1.29, 1.82) is 0 Å². The summed E-state index contributed by atoms with van der Waals surface area (Å²) < 4.78 is 0. The van der Waals surface area contributed by atoms with Gasteiger partial charge in [0, 0.05) is 16.9 Å². The van der Waals surface area contributed by atoms with Gasteiger partial charge in [-0.2, -0.15) is 0 Å². The number of hydrogen-bond acceptors (Lipinski definition) is 2. The van der Waals surface area contributed by atoms with Gasteiger partial charge in [-0.25, -0.2) is 4.99 Å². The number of anilines is 1. The maximum Gasteiger partial charge on any atom is 0.0709 e. The Morgan fingerprint density at radius 2 is 1.05 bits per heavy atom. The maximum atomic E-state index is 5.01. The molecule has 0 saturated carbocycles. The Hall–Kier alpha value is -4.43. The van der Waals surface area contributed by atoms with Crippen LogP contribution >= 0.6 is 0 Å². The fourth-order valence-electron chi connectivity index (χ4n) is 4.58. The smallest absolute Gasteiger partial charge is 0.0709 e. The first kappa shape index (κ1) is 27.6. The summed E-state index contributed by atoms with van der Waals surface area (Å²) in [6.45, 7) is 12.7. The van der Waals surface area contributed by atoms with Crippen LogP contribution in [0.1, 0.15) is 44.5 Å². The van der Waals surface area contributed by atoms with Crippen LogP contribution in [0, 0.1) is 41.5 Å². The van der Waals surface area contributed by atoms with E-state index in [-0.39, 0.29) is 0 Å². The molecule has 0 aromatic heterocycles. The number of aryl methyl sites for hydroxylation is 6. The number of nitrogens with one attached hydrogen (secondary N) is 1. The van der Waals surface area contributed by atoms with Crippen LogP contribution in [-0.4, -0.2) is 5.71 Å². The highest BCUT2D eigenvalue weighted by Gasteiger charge is 2.04. The first-order valence-electron chi connectivity index (χ1n) is 13.5. The van der Waals surface area contributed by atoms with Gasteiger partial charge in [-0.15, -0.1) is 0 Å². The lowest BCUT2D eigenvalue weighted by Crippen LogP contribution is -1.99. The average molecular weight is 511 g/mol. The molecule has 2 nitrogen and oxygen atoms in total. The van der Waals surface area contributed by atoms with E-state index in [1.807, 2.05) is 0 Å². The molecular formula is C37H38N2. The molecule has 196 valence electrons. The Morgan fingerprint density at radius 1 is 0.538 bits per heavy atom. The molecule has 0 amide bonds. The molecule has 0 radical (unpaired) electrons. The number of benzene rings is 4. The number of aliphatic imine (C=N–C) groups is 1. The lowest BCUT2D eigenvalue weighted by molar-refractivity contribution is 1.35. The number of allylic oxidation sites excluding steroid dienone is 5. The molecule has 4 rings (SSSR count). The van der Waals surface area contributed by atoms with Crippen LogP contribution in [0.25, 0.3) is 5.70 Å². The zero-order valence-electron chi connectivity index (χ0n) is 23.9. The van der Waals surface area contributed by atoms with Crippen molar-refractivity contribution in [1.82, 2.24) is 0 Å². The van der Waals surface area contributed by atoms with Gasteiger partial charge >= 0.3 is 0 Å². The van der Waals surface area contributed by atoms with Crippen LogP contribution in [0.15, 0.2) is 120 Å². The first-order chi connectivity index (χ1) is 18.7. The van der Waals surface area contributed by atoms with Crippen LogP contribution in [-0.2, 0) is 0 Å². The van der Waals surface area contributed by atoms with Crippen LogP contribution < -0.4 is 5.32 Å². The van der Waals surface area contributed by atoms with E-state index in [1.165, 1.54) is 33.4 Å². The number of nitrogens with zero attached hydrogens (tertiary/aromatic N) is 1. The van der Waals surface area contributed by atoms with Crippen molar-refractivity contribution in [2.75, 3.05) is 5.32 Å². The molecule has 0 unspecified atom stereocenters. The van der Waals surface area contributed by atoms with Gasteiger partial charge in [-0.3, -0.25) is 0 Å². The lowest BCUT2D eigenvalue weighted by atomic mass is 10.1. The van der Waals surface area contributed by atoms with E-state index in [1.54, 1.807) is 0 Å². The Balaban J connectivity index is 1.63. The van der Waals surface area contributed by atoms with Crippen molar-refractivity contribution >= 4 is 22.8 Å². The molecule has 0 bridgehead atoms. The summed E-state index contributed by atoms with van der Waals surface area (Å²) in [5.74, 6) is 0. The minimum atomic E-state index is 0.931. The number of hydrogen-bond donors (Lipinski definition) is 1. The molecule has 0 spiro atoms. The van der Waals surface area contributed by atoms with E-state index in [4.69, 9.17) is 4.99 Å². The van der Waals surface area contributed by atoms with Crippen LogP contribution in [0.3, 0.4) is 0 Å². The summed E-state index contributed by atoms with van der Waals surface area (Å²) in [4.78, 5) is 5.01. The molecule has 0 aliphatic rings. The minimum Gasteiger partial charge on any atom is -0.355 e. The first-order valence-corrected chi connectivity index (χ1v) is 13.5. The molecule has 2 heteroatoms. The van der Waals surface area contributed by atoms with Gasteiger partial charge in [-0.05, 0) is 106 Å². The largest absolute Gasteiger partial charge is 0.355 e. The normalized spacial score (nSPS) is 12.5. The fraction of sp³-hybridized carbons (Fsp3) is 0.162. The van der Waals surface area contributed by atoms with E-state index in [0.29, 0.717) is 0 Å². The third kappa shape index (κ3) is 8.28. The Kier molecular flexibility index (Phi) is 9.12. The van der Waals surface area contributed by atoms with Crippen molar-refractivity contribution in [2.45, 2.75) is 41.5 Å². The molecule has 0 aliphatic carbocycles. The summed E-state index contributed by atoms with van der Waals surface area (Å²) in [7, 11) is 0. The van der Waals surface area contributed by atoms with Gasteiger partial charge in [0.25, 0.3) is 0 Å². The second-order valence-electron chi connectivity index (χ2n) is 10.4. The summed E-state index contributed by atoms with van der Waals surface area (Å²) in [5.41, 5.74) is 13.7. The predicted molar refractivity (Wildman–Crippen MR) is 170 cm³/mol. The highest BCUT2D eigenvalue weighted by Crippen LogP contribution is 2.22. The maximum absolute atomic E-state index is 5.01. The molecule has 1 N–H and O–H groups in total. The average Bonchev–Trinajstić information content (AvgIpc) is 2.87. The molecule has 4 aromatic carbocycles. The Labute approximate surface area is 234 Å². The van der Waals surface area contributed by atoms with Crippen LogP contribution in [0.4, 0.5) is 11.4 Å². The third-order valence-corrected chi connectivity index (χ3v) is 6.41. The van der Waals surface area contributed by atoms with Crippen molar-refractivity contribution in [2.24, 2.45) is 4.99 Å². The molecule has 0 heterocycles. The lowest BCUT2D eigenvalue weighted by Gasteiger charge is -2.13. The van der Waals surface area contributed by atoms with Gasteiger partial charge < -0.3 is 5.32 Å². The second kappa shape index (κ2) is 12.9. The van der Waals surface area contributed by atoms with Crippen molar-refractivity contribution in [3.63, 3.8) is 0 Å². The minimum absolute atomic E-state index is 0.931. The molecule has 4 aromatic rings. The summed E-state index contributed by atoms with van der Waals surface area (Å²) in [6, 6.07) is 30.1. The molecule has 39 heavy (non-hydrogen) atoms. The highest BCUT2D eigenvalue weighted by molar-refractivity contribution is 6.10. The quantitative estimate of drug-likeness (QED) is 0.185. The fourth-order valence-corrected chi connectivity index (χ4v) is 4.58. The van der Waals surface area contributed by atoms with Gasteiger partial charge in [0.05, 0.1) is 11.4 Å². The van der Waals surface area contributed by atoms with Gasteiger partial charge in [0.15, 0.2) is 0 Å². The van der Waals surface area contributed by atoms with E-state index >= 15 is 0 Å². The highest BCUT2D eigenvalue weighted by atomic mass is 14.9. The number of rotatable bonds is 8. The van der Waals surface area contributed by atoms with E-state index in [9.17, 15) is 0 Å². The molecular weight excluding hydrogens is 472 g/mol. The van der Waals surface area contributed by atoms with Gasteiger partial charge in [0.1, 0.15) is 0 Å². The Morgan fingerprint density at radius 3 is 1.62 bits per heavy atom. The zero-order valence-corrected chi connectivity index (χ0v) is 23.9. The summed E-state index contributed by atoms with van der Waals surface area (Å²) in [6.07, 6.45) is 10.4. The van der Waals surface area contributed by atoms with Crippen molar-refractivity contribution in [3.05, 3.63) is 160 Å². The summed E-state index contributed by atoms with van der Waals surface area (Å²) >= 11 is 0. The topological polar surface area (TPSA) is 24.4 Å². The van der Waals surface area contributed by atoms with Crippen LogP contribution in [0.5, 0.6) is 0 Å². The molecule has 0 aliphatic heterocycles. The standard InChI is InChI=1S/C37H38N2/c1-26-12-16-32(17-13-26)36(38-34-22-28(3)20-29(4)23-34)10-8-7-9-11-37(33-18-14-27(2)15-19-33)39-35-24-30(5)21-31(6)25-35/h7-25,38H,1-6H3/b8-7+,11-9+,36-10+,39-37?. The molecule has 0 fully saturated rings. The summed E-state index contributed by atoms with van der Waals surface area (Å²) in [5, 5.41) is 3.63. The van der Waals surface area contributed by atoms with Gasteiger partial charge in [-0.1, -0.05) is 90.0 Å². The third-order valence-electron chi connectivity index (χ3n) is 6.41. The SMILES string of the molecule is Cc1ccc(C(/C=C/C=C/C=C(/Nc2cc(C)cc(C)c2)c2ccc(C)cc2)=Nc2cc(C)cc(C)c2)cc1. The molecule has 0 atom stereocenters. The van der Waals surface area contributed by atoms with E-state index in [2.05, 4.69) is 162 Å². The van der Waals surface area contributed by atoms with Crippen LogP contribution in [0.2, 0.25) is 0 Å². The Bertz CT molecular complexity index is 1510.